The molecule has 0 saturated heterocycles. The number of aromatic amines is 1. The topological polar surface area (TPSA) is 57.3 Å². The summed E-state index contributed by atoms with van der Waals surface area (Å²) < 4.78 is 0. The van der Waals surface area contributed by atoms with E-state index >= 15 is 0 Å². The Hall–Kier alpha value is -1.68. The number of phenols is 1. The van der Waals surface area contributed by atoms with E-state index in [9.17, 15) is 5.11 Å². The van der Waals surface area contributed by atoms with E-state index in [1.165, 1.54) is 12.8 Å². The van der Waals surface area contributed by atoms with Crippen molar-refractivity contribution in [1.82, 2.24) is 10.5 Å². The van der Waals surface area contributed by atoms with Gasteiger partial charge in [0.15, 0.2) is 11.5 Å². The van der Waals surface area contributed by atoms with Crippen LogP contribution in [0.2, 0.25) is 0 Å². The molecule has 0 amide bonds. The number of aromatic nitrogens is 1. The molecule has 4 heteroatoms. The van der Waals surface area contributed by atoms with Gasteiger partial charge in [0.25, 0.3) is 0 Å². The first kappa shape index (κ1) is 11.8. The van der Waals surface area contributed by atoms with Crippen molar-refractivity contribution < 1.29 is 9.94 Å². The van der Waals surface area contributed by atoms with Gasteiger partial charge >= 0.3 is 0 Å². The molecule has 92 valence electrons. The number of H-pyrrole nitrogens is 1. The van der Waals surface area contributed by atoms with Gasteiger partial charge in [-0.3, -0.25) is 0 Å². The van der Waals surface area contributed by atoms with Crippen LogP contribution in [-0.2, 0) is 0 Å². The highest BCUT2D eigenvalue weighted by atomic mass is 16.6. The molecular formula is C13H18N2O2. The second kappa shape index (κ2) is 5.59. The number of aromatic hydroxyl groups is 1. The molecule has 1 aromatic heterocycles. The van der Waals surface area contributed by atoms with Crippen molar-refractivity contribution in [1.29, 1.82) is 0 Å². The number of phenolic OH excluding ortho intramolecular Hbond substituents is 1. The molecule has 0 aliphatic carbocycles. The molecule has 0 spiro atoms. The Morgan fingerprint density at radius 2 is 2.18 bits per heavy atom. The smallest absolute Gasteiger partial charge is 0.189 e. The fraction of sp³-hybridized carbons (Fsp3) is 0.385. The average Bonchev–Trinajstić information content (AvgIpc) is 2.80. The maximum atomic E-state index is 9.96. The second-order valence-corrected chi connectivity index (χ2v) is 4.05. The fourth-order valence-corrected chi connectivity index (χ4v) is 1.76. The van der Waals surface area contributed by atoms with Crippen LogP contribution in [-0.4, -0.2) is 16.6 Å². The zero-order chi connectivity index (χ0) is 12.1. The van der Waals surface area contributed by atoms with Gasteiger partial charge < -0.3 is 14.9 Å². The molecule has 2 aromatic rings. The van der Waals surface area contributed by atoms with Gasteiger partial charge in [0.1, 0.15) is 0 Å². The van der Waals surface area contributed by atoms with E-state index in [0.717, 1.165) is 23.9 Å². The van der Waals surface area contributed by atoms with E-state index in [0.29, 0.717) is 5.75 Å². The van der Waals surface area contributed by atoms with Crippen LogP contribution < -0.4 is 10.3 Å². The molecule has 0 saturated carbocycles. The summed E-state index contributed by atoms with van der Waals surface area (Å²) in [6, 6.07) is 5.47. The predicted molar refractivity (Wildman–Crippen MR) is 68.1 cm³/mol. The van der Waals surface area contributed by atoms with Crippen LogP contribution in [0, 0.1) is 0 Å². The molecule has 4 nitrogen and oxygen atoms in total. The third kappa shape index (κ3) is 2.71. The summed E-state index contributed by atoms with van der Waals surface area (Å²) in [7, 11) is 0. The van der Waals surface area contributed by atoms with Crippen LogP contribution in [0.5, 0.6) is 11.5 Å². The van der Waals surface area contributed by atoms with Crippen molar-refractivity contribution in [3.63, 3.8) is 0 Å². The van der Waals surface area contributed by atoms with Crippen LogP contribution in [0.15, 0.2) is 24.4 Å². The second-order valence-electron chi connectivity index (χ2n) is 4.05. The number of hydroxylamine groups is 1. The standard InChI is InChI=1S/C13H18N2O2/c1-2-3-4-8-15-17-12-6-5-11-10(13(12)16)7-9-14-11/h5-7,9,14-16H,2-4,8H2,1H3. The van der Waals surface area contributed by atoms with Crippen molar-refractivity contribution >= 4 is 10.9 Å². The third-order valence-corrected chi connectivity index (χ3v) is 2.73. The Balaban J connectivity index is 1.96. The zero-order valence-electron chi connectivity index (χ0n) is 9.99. The lowest BCUT2D eigenvalue weighted by atomic mass is 10.2. The highest BCUT2D eigenvalue weighted by Gasteiger charge is 2.07. The van der Waals surface area contributed by atoms with Crippen LogP contribution in [0.3, 0.4) is 0 Å². The van der Waals surface area contributed by atoms with E-state index in [-0.39, 0.29) is 5.75 Å². The summed E-state index contributed by atoms with van der Waals surface area (Å²) in [6.45, 7) is 2.95. The molecule has 1 heterocycles. The first-order valence-corrected chi connectivity index (χ1v) is 6.01. The third-order valence-electron chi connectivity index (χ3n) is 2.73. The number of benzene rings is 1. The van der Waals surface area contributed by atoms with Crippen molar-refractivity contribution in [2.45, 2.75) is 26.2 Å². The van der Waals surface area contributed by atoms with Gasteiger partial charge in [-0.05, 0) is 24.6 Å². The number of nitrogens with one attached hydrogen (secondary N) is 2. The summed E-state index contributed by atoms with van der Waals surface area (Å²) in [4.78, 5) is 8.38. The van der Waals surface area contributed by atoms with Gasteiger partial charge in [-0.25, -0.2) is 0 Å². The molecule has 0 radical (unpaired) electrons. The van der Waals surface area contributed by atoms with Gasteiger partial charge in [0.05, 0.1) is 0 Å². The average molecular weight is 234 g/mol. The van der Waals surface area contributed by atoms with Gasteiger partial charge in [0, 0.05) is 23.6 Å². The van der Waals surface area contributed by atoms with Gasteiger partial charge in [-0.1, -0.05) is 19.8 Å². The summed E-state index contributed by atoms with van der Waals surface area (Å²) in [6.07, 6.45) is 5.23. The summed E-state index contributed by atoms with van der Waals surface area (Å²) in [5.74, 6) is 0.639. The fourth-order valence-electron chi connectivity index (χ4n) is 1.76. The lowest BCUT2D eigenvalue weighted by Gasteiger charge is -2.08. The molecular weight excluding hydrogens is 216 g/mol. The van der Waals surface area contributed by atoms with Crippen molar-refractivity contribution in [2.24, 2.45) is 0 Å². The van der Waals surface area contributed by atoms with Crippen LogP contribution in [0.4, 0.5) is 0 Å². The Bertz CT molecular complexity index is 479. The van der Waals surface area contributed by atoms with Gasteiger partial charge in [0.2, 0.25) is 0 Å². The normalized spacial score (nSPS) is 10.9. The molecule has 2 rings (SSSR count). The first-order chi connectivity index (χ1) is 8.33. The van der Waals surface area contributed by atoms with E-state index < -0.39 is 0 Å². The Morgan fingerprint density at radius 3 is 3.00 bits per heavy atom. The molecule has 0 aliphatic heterocycles. The molecule has 17 heavy (non-hydrogen) atoms. The number of hydrogen-bond acceptors (Lipinski definition) is 3. The molecule has 0 bridgehead atoms. The van der Waals surface area contributed by atoms with Crippen molar-refractivity contribution in [3.8, 4) is 11.5 Å². The monoisotopic (exact) mass is 234 g/mol. The lowest BCUT2D eigenvalue weighted by molar-refractivity contribution is 0.186. The van der Waals surface area contributed by atoms with Gasteiger partial charge in [-0.15, -0.1) is 0 Å². The quantitative estimate of drug-likeness (QED) is 0.532. The number of hydrogen-bond donors (Lipinski definition) is 3. The first-order valence-electron chi connectivity index (χ1n) is 6.01. The molecule has 0 atom stereocenters. The van der Waals surface area contributed by atoms with E-state index in [2.05, 4.69) is 17.4 Å². The van der Waals surface area contributed by atoms with E-state index in [1.807, 2.05) is 12.1 Å². The Labute approximate surface area is 101 Å². The molecule has 3 N–H and O–H groups in total. The minimum atomic E-state index is 0.173. The van der Waals surface area contributed by atoms with Crippen molar-refractivity contribution in [2.75, 3.05) is 6.54 Å². The molecule has 1 aromatic carbocycles. The van der Waals surface area contributed by atoms with Crippen LogP contribution in [0.1, 0.15) is 26.2 Å². The number of unbranched alkanes of at least 4 members (excludes halogenated alkanes) is 2. The molecule has 0 fully saturated rings. The highest BCUT2D eigenvalue weighted by Crippen LogP contribution is 2.33. The maximum absolute atomic E-state index is 9.96. The largest absolute Gasteiger partial charge is 0.504 e. The highest BCUT2D eigenvalue weighted by molar-refractivity contribution is 5.88. The van der Waals surface area contributed by atoms with Crippen LogP contribution >= 0.6 is 0 Å². The summed E-state index contributed by atoms with van der Waals surface area (Å²) in [5.41, 5.74) is 3.77. The van der Waals surface area contributed by atoms with Crippen LogP contribution in [0.25, 0.3) is 10.9 Å². The Morgan fingerprint density at radius 1 is 1.29 bits per heavy atom. The van der Waals surface area contributed by atoms with E-state index in [1.54, 1.807) is 12.3 Å². The van der Waals surface area contributed by atoms with E-state index in [4.69, 9.17) is 4.84 Å². The maximum Gasteiger partial charge on any atom is 0.189 e. The Kier molecular flexibility index (Phi) is 3.88. The summed E-state index contributed by atoms with van der Waals surface area (Å²) in [5, 5.41) is 10.7. The lowest BCUT2D eigenvalue weighted by Crippen LogP contribution is -2.19. The minimum absolute atomic E-state index is 0.173. The van der Waals surface area contributed by atoms with Crippen molar-refractivity contribution in [3.05, 3.63) is 24.4 Å². The molecule has 0 aliphatic rings. The number of fused-ring (bicyclic) bond motifs is 1. The van der Waals surface area contributed by atoms with Gasteiger partial charge in [-0.2, -0.15) is 5.48 Å². The summed E-state index contributed by atoms with van der Waals surface area (Å²) >= 11 is 0. The SMILES string of the molecule is CCCCCNOc1ccc2[nH]ccc2c1O. The number of rotatable bonds is 6. The minimum Gasteiger partial charge on any atom is -0.504 e. The zero-order valence-corrected chi connectivity index (χ0v) is 9.99. The predicted octanol–water partition coefficient (Wildman–Crippen LogP) is 2.95. The molecule has 0 unspecified atom stereocenters.